The highest BCUT2D eigenvalue weighted by Crippen LogP contribution is 2.27. The molecule has 0 fully saturated rings. The molecule has 0 spiro atoms. The minimum Gasteiger partial charge on any atom is -0.480 e. The fourth-order valence-electron chi connectivity index (χ4n) is 1.67. The van der Waals surface area contributed by atoms with Crippen molar-refractivity contribution < 1.29 is 14.6 Å². The summed E-state index contributed by atoms with van der Waals surface area (Å²) in [4.78, 5) is 10.3. The van der Waals surface area contributed by atoms with Gasteiger partial charge in [-0.1, -0.05) is 52.3 Å². The maximum atomic E-state index is 10.9. The molecule has 19 heavy (non-hydrogen) atoms. The summed E-state index contributed by atoms with van der Waals surface area (Å²) in [7, 11) is 0. The number of para-hydroxylation sites is 2. The molecular weight excluding hydrogens is 308 g/mol. The Morgan fingerprint density at radius 2 is 1.74 bits per heavy atom. The highest BCUT2D eigenvalue weighted by atomic mass is 79.9. The first-order chi connectivity index (χ1) is 9.16. The topological polar surface area (TPSA) is 46.5 Å². The molecule has 3 nitrogen and oxygen atoms in total. The van der Waals surface area contributed by atoms with E-state index in [0.29, 0.717) is 12.2 Å². The SMILES string of the molecule is O=C(O)C(Br)Cc1ccccc1Oc1ccccc1. The number of benzene rings is 2. The summed E-state index contributed by atoms with van der Waals surface area (Å²) in [5.41, 5.74) is 0.857. The van der Waals surface area contributed by atoms with Crippen LogP contribution in [-0.2, 0) is 11.2 Å². The predicted molar refractivity (Wildman–Crippen MR) is 77.0 cm³/mol. The molecule has 2 aromatic rings. The third kappa shape index (κ3) is 3.83. The number of carboxylic acid groups (broad SMARTS) is 1. The van der Waals surface area contributed by atoms with Crippen molar-refractivity contribution in [1.29, 1.82) is 0 Å². The van der Waals surface area contributed by atoms with Gasteiger partial charge in [0, 0.05) is 0 Å². The normalized spacial score (nSPS) is 11.8. The summed E-state index contributed by atoms with van der Waals surface area (Å²) < 4.78 is 5.78. The average Bonchev–Trinajstić information content (AvgIpc) is 2.42. The molecule has 0 aliphatic heterocycles. The smallest absolute Gasteiger partial charge is 0.317 e. The first kappa shape index (κ1) is 13.6. The number of hydrogen-bond donors (Lipinski definition) is 1. The Morgan fingerprint density at radius 1 is 1.11 bits per heavy atom. The lowest BCUT2D eigenvalue weighted by molar-refractivity contribution is -0.136. The van der Waals surface area contributed by atoms with E-state index in [9.17, 15) is 4.79 Å². The minimum atomic E-state index is -0.880. The number of carbonyl (C=O) groups is 1. The Morgan fingerprint density at radius 3 is 2.42 bits per heavy atom. The van der Waals surface area contributed by atoms with E-state index in [1.54, 1.807) is 0 Å². The van der Waals surface area contributed by atoms with Gasteiger partial charge in [0.1, 0.15) is 16.3 Å². The summed E-state index contributed by atoms with van der Waals surface area (Å²) in [6.45, 7) is 0. The lowest BCUT2D eigenvalue weighted by Crippen LogP contribution is -2.15. The summed E-state index contributed by atoms with van der Waals surface area (Å²) >= 11 is 3.14. The zero-order chi connectivity index (χ0) is 13.7. The Labute approximate surface area is 120 Å². The van der Waals surface area contributed by atoms with Gasteiger partial charge in [0.05, 0.1) is 0 Å². The van der Waals surface area contributed by atoms with Crippen molar-refractivity contribution in [3.63, 3.8) is 0 Å². The van der Waals surface area contributed by atoms with Crippen LogP contribution >= 0.6 is 15.9 Å². The maximum absolute atomic E-state index is 10.9. The van der Waals surface area contributed by atoms with Gasteiger partial charge >= 0.3 is 5.97 Å². The molecule has 2 aromatic carbocycles. The van der Waals surface area contributed by atoms with Gasteiger partial charge < -0.3 is 9.84 Å². The molecule has 0 saturated carbocycles. The quantitative estimate of drug-likeness (QED) is 0.851. The summed E-state index contributed by atoms with van der Waals surface area (Å²) in [6.07, 6.45) is 0.373. The Hall–Kier alpha value is -1.81. The molecule has 1 unspecified atom stereocenters. The number of rotatable bonds is 5. The molecule has 0 heterocycles. The van der Waals surface area contributed by atoms with E-state index >= 15 is 0 Å². The lowest BCUT2D eigenvalue weighted by atomic mass is 10.1. The third-order valence-corrected chi connectivity index (χ3v) is 3.33. The second-order valence-corrected chi connectivity index (χ2v) is 5.14. The Balaban J connectivity index is 2.19. The fraction of sp³-hybridized carbons (Fsp3) is 0.133. The summed E-state index contributed by atoms with van der Waals surface area (Å²) in [5, 5.41) is 8.94. The van der Waals surface area contributed by atoms with Crippen LogP contribution in [0, 0.1) is 0 Å². The van der Waals surface area contributed by atoms with Gasteiger partial charge in [0.25, 0.3) is 0 Å². The average molecular weight is 321 g/mol. The summed E-state index contributed by atoms with van der Waals surface area (Å²) in [5.74, 6) is 0.533. The first-order valence-electron chi connectivity index (χ1n) is 5.84. The van der Waals surface area contributed by atoms with Crippen molar-refractivity contribution in [2.45, 2.75) is 11.2 Å². The van der Waals surface area contributed by atoms with Crippen molar-refractivity contribution in [2.24, 2.45) is 0 Å². The van der Waals surface area contributed by atoms with Crippen LogP contribution < -0.4 is 4.74 Å². The zero-order valence-electron chi connectivity index (χ0n) is 10.1. The molecule has 2 rings (SSSR count). The third-order valence-electron chi connectivity index (χ3n) is 2.61. The number of carboxylic acids is 1. The Bertz CT molecular complexity index is 554. The maximum Gasteiger partial charge on any atom is 0.317 e. The molecular formula is C15H13BrO3. The van der Waals surface area contributed by atoms with Crippen molar-refractivity contribution >= 4 is 21.9 Å². The number of aliphatic carboxylic acids is 1. The first-order valence-corrected chi connectivity index (χ1v) is 6.76. The molecule has 98 valence electrons. The van der Waals surface area contributed by atoms with E-state index in [0.717, 1.165) is 11.3 Å². The number of ether oxygens (including phenoxy) is 1. The van der Waals surface area contributed by atoms with Crippen LogP contribution in [0.25, 0.3) is 0 Å². The molecule has 0 radical (unpaired) electrons. The molecule has 0 amide bonds. The Kier molecular flexibility index (Phi) is 4.58. The summed E-state index contributed by atoms with van der Waals surface area (Å²) in [6, 6.07) is 16.9. The minimum absolute atomic E-state index is 0.373. The monoisotopic (exact) mass is 320 g/mol. The lowest BCUT2D eigenvalue weighted by Gasteiger charge is -2.12. The van der Waals surface area contributed by atoms with Crippen LogP contribution in [0.4, 0.5) is 0 Å². The molecule has 0 bridgehead atoms. The zero-order valence-corrected chi connectivity index (χ0v) is 11.7. The van der Waals surface area contributed by atoms with Gasteiger partial charge in [-0.25, -0.2) is 0 Å². The van der Waals surface area contributed by atoms with E-state index < -0.39 is 10.8 Å². The molecule has 0 aliphatic rings. The van der Waals surface area contributed by atoms with Crippen molar-refractivity contribution in [2.75, 3.05) is 0 Å². The van der Waals surface area contributed by atoms with Crippen LogP contribution in [0.2, 0.25) is 0 Å². The van der Waals surface area contributed by atoms with Crippen LogP contribution in [-0.4, -0.2) is 15.9 Å². The van der Waals surface area contributed by atoms with E-state index in [2.05, 4.69) is 15.9 Å². The molecule has 4 heteroatoms. The van der Waals surface area contributed by atoms with E-state index in [-0.39, 0.29) is 0 Å². The highest BCUT2D eigenvalue weighted by molar-refractivity contribution is 9.10. The second kappa shape index (κ2) is 6.38. The van der Waals surface area contributed by atoms with Crippen molar-refractivity contribution in [1.82, 2.24) is 0 Å². The predicted octanol–water partition coefficient (Wildman–Crippen LogP) is 3.87. The van der Waals surface area contributed by atoms with Gasteiger partial charge in [-0.05, 0) is 30.2 Å². The van der Waals surface area contributed by atoms with Gasteiger partial charge in [-0.3, -0.25) is 4.79 Å². The van der Waals surface area contributed by atoms with E-state index in [1.807, 2.05) is 54.6 Å². The number of hydrogen-bond acceptors (Lipinski definition) is 2. The van der Waals surface area contributed by atoms with Gasteiger partial charge in [-0.15, -0.1) is 0 Å². The van der Waals surface area contributed by atoms with Crippen LogP contribution in [0.1, 0.15) is 5.56 Å². The molecule has 1 atom stereocenters. The second-order valence-electron chi connectivity index (χ2n) is 4.03. The van der Waals surface area contributed by atoms with Crippen LogP contribution in [0.3, 0.4) is 0 Å². The van der Waals surface area contributed by atoms with Crippen molar-refractivity contribution in [3.8, 4) is 11.5 Å². The molecule has 0 saturated heterocycles. The number of alkyl halides is 1. The van der Waals surface area contributed by atoms with Crippen LogP contribution in [0.5, 0.6) is 11.5 Å². The van der Waals surface area contributed by atoms with Crippen molar-refractivity contribution in [3.05, 3.63) is 60.2 Å². The van der Waals surface area contributed by atoms with Crippen LogP contribution in [0.15, 0.2) is 54.6 Å². The van der Waals surface area contributed by atoms with E-state index in [1.165, 1.54) is 0 Å². The van der Waals surface area contributed by atoms with Gasteiger partial charge in [-0.2, -0.15) is 0 Å². The standard InChI is InChI=1S/C15H13BrO3/c16-13(15(17)18)10-11-6-4-5-9-14(11)19-12-7-2-1-3-8-12/h1-9,13H,10H2,(H,17,18). The molecule has 1 N–H and O–H groups in total. The van der Waals surface area contributed by atoms with E-state index in [4.69, 9.17) is 9.84 Å². The fourth-order valence-corrected chi connectivity index (χ4v) is 2.02. The van der Waals surface area contributed by atoms with Gasteiger partial charge in [0.2, 0.25) is 0 Å². The molecule has 0 aromatic heterocycles. The largest absolute Gasteiger partial charge is 0.480 e. The molecule has 0 aliphatic carbocycles. The van der Waals surface area contributed by atoms with Gasteiger partial charge in [0.15, 0.2) is 0 Å². The number of halogens is 1. The highest BCUT2D eigenvalue weighted by Gasteiger charge is 2.16.